The molecule has 1 fully saturated rings. The summed E-state index contributed by atoms with van der Waals surface area (Å²) >= 11 is 0. The zero-order chi connectivity index (χ0) is 16.8. The second kappa shape index (κ2) is 8.76. The third-order valence-electron chi connectivity index (χ3n) is 4.66. The third kappa shape index (κ3) is 7.48. The lowest BCUT2D eigenvalue weighted by Gasteiger charge is -2.27. The van der Waals surface area contributed by atoms with E-state index in [1.165, 1.54) is 25.7 Å². The molecule has 0 heterocycles. The smallest absolute Gasteiger partial charge is 0.407 e. The van der Waals surface area contributed by atoms with Crippen molar-refractivity contribution in [3.05, 3.63) is 0 Å². The van der Waals surface area contributed by atoms with E-state index < -0.39 is 5.60 Å². The molecule has 0 bridgehead atoms. The molecule has 130 valence electrons. The first-order valence-electron chi connectivity index (χ1n) is 8.89. The van der Waals surface area contributed by atoms with Crippen LogP contribution < -0.4 is 10.6 Å². The van der Waals surface area contributed by atoms with Crippen LogP contribution in [0.3, 0.4) is 0 Å². The van der Waals surface area contributed by atoms with Crippen LogP contribution >= 0.6 is 0 Å². The van der Waals surface area contributed by atoms with Crippen molar-refractivity contribution in [2.75, 3.05) is 13.1 Å². The number of carbonyl (C=O) groups is 1. The summed E-state index contributed by atoms with van der Waals surface area (Å²) in [6, 6.07) is 0.574. The molecular formula is C18H36N2O2. The second-order valence-corrected chi connectivity index (χ2v) is 8.13. The van der Waals surface area contributed by atoms with Gasteiger partial charge in [0.05, 0.1) is 0 Å². The number of hydrogen-bond donors (Lipinski definition) is 2. The maximum absolute atomic E-state index is 11.8. The van der Waals surface area contributed by atoms with Crippen molar-refractivity contribution in [1.82, 2.24) is 10.6 Å². The molecule has 0 spiro atoms. The zero-order valence-corrected chi connectivity index (χ0v) is 15.4. The van der Waals surface area contributed by atoms with E-state index in [0.29, 0.717) is 24.4 Å². The number of hydrogen-bond acceptors (Lipinski definition) is 3. The van der Waals surface area contributed by atoms with E-state index in [9.17, 15) is 4.79 Å². The van der Waals surface area contributed by atoms with Gasteiger partial charge in [-0.2, -0.15) is 0 Å². The molecule has 2 unspecified atom stereocenters. The molecule has 2 atom stereocenters. The van der Waals surface area contributed by atoms with Gasteiger partial charge in [-0.1, -0.05) is 26.7 Å². The maximum atomic E-state index is 11.8. The van der Waals surface area contributed by atoms with Crippen molar-refractivity contribution in [3.63, 3.8) is 0 Å². The van der Waals surface area contributed by atoms with E-state index in [0.717, 1.165) is 12.5 Å². The summed E-state index contributed by atoms with van der Waals surface area (Å²) in [5, 5.41) is 6.60. The Morgan fingerprint density at radius 2 is 1.73 bits per heavy atom. The third-order valence-corrected chi connectivity index (χ3v) is 4.66. The molecule has 1 aliphatic carbocycles. The highest BCUT2D eigenvalue weighted by molar-refractivity contribution is 5.67. The highest BCUT2D eigenvalue weighted by Crippen LogP contribution is 2.27. The van der Waals surface area contributed by atoms with Gasteiger partial charge in [0, 0.05) is 19.1 Å². The lowest BCUT2D eigenvalue weighted by atomic mass is 9.94. The fraction of sp³-hybridized carbons (Fsp3) is 0.944. The van der Waals surface area contributed by atoms with Crippen molar-refractivity contribution >= 4 is 6.09 Å². The second-order valence-electron chi connectivity index (χ2n) is 8.13. The van der Waals surface area contributed by atoms with Crippen molar-refractivity contribution in [2.45, 2.75) is 78.9 Å². The topological polar surface area (TPSA) is 50.4 Å². The molecule has 1 aliphatic rings. The van der Waals surface area contributed by atoms with E-state index in [1.54, 1.807) is 0 Å². The summed E-state index contributed by atoms with van der Waals surface area (Å²) in [6.07, 6.45) is 5.16. The fourth-order valence-electron chi connectivity index (χ4n) is 3.03. The zero-order valence-electron chi connectivity index (χ0n) is 15.4. The first-order valence-corrected chi connectivity index (χ1v) is 8.89. The van der Waals surface area contributed by atoms with Gasteiger partial charge in [-0.15, -0.1) is 0 Å². The van der Waals surface area contributed by atoms with Crippen LogP contribution in [0.1, 0.15) is 67.2 Å². The van der Waals surface area contributed by atoms with E-state index in [4.69, 9.17) is 4.74 Å². The summed E-state index contributed by atoms with van der Waals surface area (Å²) in [5.74, 6) is 1.78. The lowest BCUT2D eigenvalue weighted by Crippen LogP contribution is -2.42. The van der Waals surface area contributed by atoms with Crippen LogP contribution in [-0.2, 0) is 4.74 Å². The predicted octanol–water partition coefficient (Wildman–Crippen LogP) is 3.95. The number of alkyl carbamates (subject to hydrolysis) is 1. The van der Waals surface area contributed by atoms with Crippen molar-refractivity contribution in [3.8, 4) is 0 Å². The molecule has 4 nitrogen and oxygen atoms in total. The van der Waals surface area contributed by atoms with Crippen molar-refractivity contribution in [1.29, 1.82) is 0 Å². The molecule has 0 aliphatic heterocycles. The average molecular weight is 312 g/mol. The largest absolute Gasteiger partial charge is 0.444 e. The van der Waals surface area contributed by atoms with Gasteiger partial charge in [-0.05, 0) is 58.3 Å². The van der Waals surface area contributed by atoms with Crippen LogP contribution in [0.15, 0.2) is 0 Å². The Balaban J connectivity index is 2.33. The number of nitrogens with one attached hydrogen (secondary N) is 2. The van der Waals surface area contributed by atoms with Gasteiger partial charge in [-0.25, -0.2) is 4.79 Å². The standard InChI is InChI=1S/C18H36N2O2/c1-13(2)16(12-20-17(21)22-18(4,5)6)11-19-14(3)15-9-7-8-10-15/h13-16,19H,7-12H2,1-6H3,(H,20,21). The van der Waals surface area contributed by atoms with Gasteiger partial charge in [0.15, 0.2) is 0 Å². The van der Waals surface area contributed by atoms with Crippen LogP contribution in [0.5, 0.6) is 0 Å². The predicted molar refractivity (Wildman–Crippen MR) is 92.0 cm³/mol. The van der Waals surface area contributed by atoms with Crippen LogP contribution in [0.25, 0.3) is 0 Å². The Morgan fingerprint density at radius 3 is 2.23 bits per heavy atom. The van der Waals surface area contributed by atoms with Gasteiger partial charge in [0.25, 0.3) is 0 Å². The van der Waals surface area contributed by atoms with Gasteiger partial charge < -0.3 is 15.4 Å². The minimum absolute atomic E-state index is 0.318. The van der Waals surface area contributed by atoms with Gasteiger partial charge in [0.1, 0.15) is 5.60 Å². The summed E-state index contributed by atoms with van der Waals surface area (Å²) in [6.45, 7) is 14.0. The van der Waals surface area contributed by atoms with Crippen LogP contribution in [-0.4, -0.2) is 30.8 Å². The molecule has 0 radical (unpaired) electrons. The van der Waals surface area contributed by atoms with E-state index >= 15 is 0 Å². The van der Waals surface area contributed by atoms with Crippen molar-refractivity contribution < 1.29 is 9.53 Å². The molecule has 0 aromatic rings. The molecule has 1 amide bonds. The number of rotatable bonds is 7. The van der Waals surface area contributed by atoms with E-state index in [1.807, 2.05) is 20.8 Å². The van der Waals surface area contributed by atoms with Gasteiger partial charge in [-0.3, -0.25) is 0 Å². The first-order chi connectivity index (χ1) is 10.2. The first kappa shape index (κ1) is 19.3. The normalized spacial score (nSPS) is 19.2. The molecule has 0 aromatic carbocycles. The quantitative estimate of drug-likeness (QED) is 0.748. The minimum Gasteiger partial charge on any atom is -0.444 e. The molecule has 2 N–H and O–H groups in total. The number of amides is 1. The maximum Gasteiger partial charge on any atom is 0.407 e. The lowest BCUT2D eigenvalue weighted by molar-refractivity contribution is 0.0514. The van der Waals surface area contributed by atoms with Crippen LogP contribution in [0.4, 0.5) is 4.79 Å². The summed E-state index contributed by atoms with van der Waals surface area (Å²) < 4.78 is 5.30. The Morgan fingerprint density at radius 1 is 1.14 bits per heavy atom. The summed E-state index contributed by atoms with van der Waals surface area (Å²) in [7, 11) is 0. The van der Waals surface area contributed by atoms with Crippen LogP contribution in [0, 0.1) is 17.8 Å². The molecule has 0 saturated heterocycles. The fourth-order valence-corrected chi connectivity index (χ4v) is 3.03. The Hall–Kier alpha value is -0.770. The molecular weight excluding hydrogens is 276 g/mol. The number of carbonyl (C=O) groups excluding carboxylic acids is 1. The van der Waals surface area contributed by atoms with Gasteiger partial charge in [0.2, 0.25) is 0 Å². The van der Waals surface area contributed by atoms with Crippen molar-refractivity contribution in [2.24, 2.45) is 17.8 Å². The molecule has 0 aromatic heterocycles. The summed E-state index contributed by atoms with van der Waals surface area (Å²) in [5.41, 5.74) is -0.438. The molecule has 4 heteroatoms. The Kier molecular flexibility index (Phi) is 7.67. The number of ether oxygens (including phenoxy) is 1. The molecule has 1 rings (SSSR count). The summed E-state index contributed by atoms with van der Waals surface area (Å²) in [4.78, 5) is 11.8. The minimum atomic E-state index is -0.438. The van der Waals surface area contributed by atoms with Crippen LogP contribution in [0.2, 0.25) is 0 Å². The SMILES string of the molecule is CC(C)C(CNC(=O)OC(C)(C)C)CNC(C)C1CCCC1. The van der Waals surface area contributed by atoms with Gasteiger partial charge >= 0.3 is 6.09 Å². The molecule has 22 heavy (non-hydrogen) atoms. The monoisotopic (exact) mass is 312 g/mol. The highest BCUT2D eigenvalue weighted by atomic mass is 16.6. The molecule has 1 saturated carbocycles. The van der Waals surface area contributed by atoms with E-state index in [2.05, 4.69) is 31.4 Å². The Labute approximate surface area is 136 Å². The highest BCUT2D eigenvalue weighted by Gasteiger charge is 2.23. The Bertz CT molecular complexity index is 330. The average Bonchev–Trinajstić information content (AvgIpc) is 2.89. The van der Waals surface area contributed by atoms with E-state index in [-0.39, 0.29) is 6.09 Å².